The van der Waals surface area contributed by atoms with Crippen molar-refractivity contribution in [1.82, 2.24) is 4.90 Å². The molecular formula is C23H40N2O4. The van der Waals surface area contributed by atoms with Crippen LogP contribution in [0, 0.1) is 17.3 Å². The normalized spacial score (nSPS) is 25.7. The van der Waals surface area contributed by atoms with Crippen LogP contribution < -0.4 is 5.73 Å². The Kier molecular flexibility index (Phi) is 6.10. The van der Waals surface area contributed by atoms with Gasteiger partial charge in [0.2, 0.25) is 11.8 Å². The van der Waals surface area contributed by atoms with Crippen LogP contribution in [-0.4, -0.2) is 50.2 Å². The van der Waals surface area contributed by atoms with E-state index < -0.39 is 34.6 Å². The van der Waals surface area contributed by atoms with Crippen LogP contribution in [0.2, 0.25) is 0 Å². The van der Waals surface area contributed by atoms with Crippen LogP contribution in [0.25, 0.3) is 0 Å². The summed E-state index contributed by atoms with van der Waals surface area (Å²) in [5.74, 6) is -0.277. The van der Waals surface area contributed by atoms with E-state index in [4.69, 9.17) is 5.73 Å². The molecule has 0 heterocycles. The van der Waals surface area contributed by atoms with E-state index in [0.717, 1.165) is 12.8 Å². The van der Waals surface area contributed by atoms with Crippen molar-refractivity contribution in [3.05, 3.63) is 0 Å². The van der Waals surface area contributed by atoms with E-state index >= 15 is 0 Å². The summed E-state index contributed by atoms with van der Waals surface area (Å²) in [4.78, 5) is 27.9. The van der Waals surface area contributed by atoms with E-state index in [9.17, 15) is 19.8 Å². The maximum absolute atomic E-state index is 13.9. The van der Waals surface area contributed by atoms with Gasteiger partial charge in [-0.2, -0.15) is 0 Å². The van der Waals surface area contributed by atoms with Crippen molar-refractivity contribution >= 4 is 11.8 Å². The Labute approximate surface area is 175 Å². The van der Waals surface area contributed by atoms with Crippen molar-refractivity contribution in [3.63, 3.8) is 0 Å². The van der Waals surface area contributed by atoms with Gasteiger partial charge in [0.1, 0.15) is 5.41 Å². The first kappa shape index (κ1) is 22.5. The number of hydrogen-bond acceptors (Lipinski definition) is 4. The topological polar surface area (TPSA) is 104 Å². The summed E-state index contributed by atoms with van der Waals surface area (Å²) >= 11 is 0. The third-order valence-corrected chi connectivity index (χ3v) is 7.61. The number of aliphatic hydroxyl groups is 2. The number of nitrogens with two attached hydrogens (primary N) is 1. The van der Waals surface area contributed by atoms with Crippen molar-refractivity contribution in [2.45, 2.75) is 115 Å². The predicted octanol–water partition coefficient (Wildman–Crippen LogP) is 2.74. The first-order valence-electron chi connectivity index (χ1n) is 11.5. The summed E-state index contributed by atoms with van der Waals surface area (Å²) in [5.41, 5.74) is 2.64. The number of carbonyl (C=O) groups is 2. The Hall–Kier alpha value is -1.14. The summed E-state index contributed by atoms with van der Waals surface area (Å²) in [5, 5.41) is 22.8. The summed E-state index contributed by atoms with van der Waals surface area (Å²) < 4.78 is 0. The SMILES string of the molecule is CC(C)CC(N(C(=O)C1(C(N)=O)CC1)C(CC(C)C)C1(O)CCC1)C1(O)CCC1. The number of amides is 2. The third kappa shape index (κ3) is 4.07. The lowest BCUT2D eigenvalue weighted by atomic mass is 9.67. The van der Waals surface area contributed by atoms with E-state index in [1.807, 2.05) is 0 Å². The third-order valence-electron chi connectivity index (χ3n) is 7.61. The molecule has 4 N–H and O–H groups in total. The highest BCUT2D eigenvalue weighted by Crippen LogP contribution is 2.52. The highest BCUT2D eigenvalue weighted by atomic mass is 16.3. The van der Waals surface area contributed by atoms with Crippen LogP contribution in [-0.2, 0) is 9.59 Å². The number of carbonyl (C=O) groups excluding carboxylic acids is 2. The van der Waals surface area contributed by atoms with Crippen molar-refractivity contribution in [3.8, 4) is 0 Å². The van der Waals surface area contributed by atoms with Crippen molar-refractivity contribution < 1.29 is 19.8 Å². The molecule has 0 aromatic carbocycles. The van der Waals surface area contributed by atoms with Gasteiger partial charge in [-0.1, -0.05) is 27.7 Å². The molecule has 3 aliphatic rings. The molecule has 166 valence electrons. The minimum atomic E-state index is -1.15. The van der Waals surface area contributed by atoms with Gasteiger partial charge in [0, 0.05) is 0 Å². The van der Waals surface area contributed by atoms with Crippen LogP contribution in [0.3, 0.4) is 0 Å². The van der Waals surface area contributed by atoms with E-state index in [1.54, 1.807) is 4.90 Å². The van der Waals surface area contributed by atoms with Crippen LogP contribution in [0.4, 0.5) is 0 Å². The molecule has 0 radical (unpaired) electrons. The number of hydrogen-bond donors (Lipinski definition) is 3. The fourth-order valence-electron chi connectivity index (χ4n) is 5.26. The lowest BCUT2D eigenvalue weighted by molar-refractivity contribution is -0.185. The Bertz CT molecular complexity index is 599. The van der Waals surface area contributed by atoms with Gasteiger partial charge in [-0.15, -0.1) is 0 Å². The lowest BCUT2D eigenvalue weighted by Crippen LogP contribution is -2.68. The quantitative estimate of drug-likeness (QED) is 0.484. The predicted molar refractivity (Wildman–Crippen MR) is 112 cm³/mol. The smallest absolute Gasteiger partial charge is 0.238 e. The molecule has 3 aliphatic carbocycles. The second-order valence-electron chi connectivity index (χ2n) is 10.9. The molecular weight excluding hydrogens is 368 g/mol. The van der Waals surface area contributed by atoms with Gasteiger partial charge in [-0.25, -0.2) is 0 Å². The molecule has 29 heavy (non-hydrogen) atoms. The number of rotatable bonds is 10. The van der Waals surface area contributed by atoms with Gasteiger partial charge in [0.25, 0.3) is 0 Å². The van der Waals surface area contributed by atoms with Crippen LogP contribution >= 0.6 is 0 Å². The summed E-state index contributed by atoms with van der Waals surface area (Å²) in [6.07, 6.45) is 6.75. The molecule has 3 rings (SSSR count). The van der Waals surface area contributed by atoms with E-state index in [-0.39, 0.29) is 17.7 Å². The molecule has 2 atom stereocenters. The highest BCUT2D eigenvalue weighted by Gasteiger charge is 2.62. The fraction of sp³-hybridized carbons (Fsp3) is 0.913. The average Bonchev–Trinajstić information content (AvgIpc) is 3.37. The zero-order valence-electron chi connectivity index (χ0n) is 18.6. The zero-order chi connectivity index (χ0) is 21.6. The van der Waals surface area contributed by atoms with E-state index in [1.165, 1.54) is 0 Å². The summed E-state index contributed by atoms with van der Waals surface area (Å²) in [6, 6.07) is -0.789. The Balaban J connectivity index is 2.06. The second-order valence-corrected chi connectivity index (χ2v) is 10.9. The molecule has 3 saturated carbocycles. The van der Waals surface area contributed by atoms with Crippen LogP contribution in [0.1, 0.15) is 91.9 Å². The van der Waals surface area contributed by atoms with E-state index in [0.29, 0.717) is 51.4 Å². The number of primary amides is 1. The monoisotopic (exact) mass is 408 g/mol. The Morgan fingerprint density at radius 3 is 1.41 bits per heavy atom. The highest BCUT2D eigenvalue weighted by molar-refractivity contribution is 6.07. The average molecular weight is 409 g/mol. The van der Waals surface area contributed by atoms with Gasteiger partial charge in [0.05, 0.1) is 23.3 Å². The first-order chi connectivity index (χ1) is 13.5. The van der Waals surface area contributed by atoms with Crippen molar-refractivity contribution in [2.24, 2.45) is 23.0 Å². The second kappa shape index (κ2) is 7.84. The number of nitrogens with zero attached hydrogens (tertiary/aromatic N) is 1. The lowest BCUT2D eigenvalue weighted by Gasteiger charge is -2.56. The fourth-order valence-corrected chi connectivity index (χ4v) is 5.26. The molecule has 0 spiro atoms. The van der Waals surface area contributed by atoms with Gasteiger partial charge >= 0.3 is 0 Å². The minimum Gasteiger partial charge on any atom is -0.388 e. The molecule has 0 bridgehead atoms. The largest absolute Gasteiger partial charge is 0.388 e. The van der Waals surface area contributed by atoms with Gasteiger partial charge in [-0.3, -0.25) is 9.59 Å². The zero-order valence-corrected chi connectivity index (χ0v) is 18.6. The molecule has 2 unspecified atom stereocenters. The van der Waals surface area contributed by atoms with Gasteiger partial charge in [-0.05, 0) is 76.0 Å². The molecule has 6 nitrogen and oxygen atoms in total. The summed E-state index contributed by atoms with van der Waals surface area (Å²) in [6.45, 7) is 8.37. The van der Waals surface area contributed by atoms with Crippen molar-refractivity contribution in [1.29, 1.82) is 0 Å². The maximum atomic E-state index is 13.9. The molecule has 0 aromatic rings. The minimum absolute atomic E-state index is 0.262. The van der Waals surface area contributed by atoms with Gasteiger partial charge in [0.15, 0.2) is 0 Å². The molecule has 3 fully saturated rings. The molecule has 2 amide bonds. The standard InChI is InChI=1S/C23H40N2O4/c1-15(2)13-17(22(28)7-5-8-22)25(20(27)21(11-12-21)19(24)26)18(14-16(3)4)23(29)9-6-10-23/h15-18,28-29H,5-14H2,1-4H3,(H2,24,26). The summed E-state index contributed by atoms with van der Waals surface area (Å²) in [7, 11) is 0. The molecule has 6 heteroatoms. The van der Waals surface area contributed by atoms with Crippen LogP contribution in [0.15, 0.2) is 0 Å². The van der Waals surface area contributed by atoms with Gasteiger partial charge < -0.3 is 20.8 Å². The molecule has 0 aromatic heterocycles. The van der Waals surface area contributed by atoms with Crippen molar-refractivity contribution in [2.75, 3.05) is 0 Å². The maximum Gasteiger partial charge on any atom is 0.238 e. The first-order valence-corrected chi connectivity index (χ1v) is 11.5. The Morgan fingerprint density at radius 1 is 0.828 bits per heavy atom. The van der Waals surface area contributed by atoms with E-state index in [2.05, 4.69) is 27.7 Å². The van der Waals surface area contributed by atoms with Crippen LogP contribution in [0.5, 0.6) is 0 Å². The molecule has 0 saturated heterocycles. The Morgan fingerprint density at radius 2 is 1.21 bits per heavy atom. The molecule has 0 aliphatic heterocycles.